The van der Waals surface area contributed by atoms with E-state index in [-0.39, 0.29) is 5.56 Å². The Morgan fingerprint density at radius 3 is 2.53 bits per heavy atom. The highest BCUT2D eigenvalue weighted by Crippen LogP contribution is 2.42. The first-order chi connectivity index (χ1) is 8.10. The standard InChI is InChI=1S/C12H14F2N2O/c13-8-3-4-10(14)9(7-8)12(11(17)16-15)5-1-2-6-12/h3-4,7H,1-2,5-6,15H2,(H,16,17). The summed E-state index contributed by atoms with van der Waals surface area (Å²) in [5.74, 6) is 3.60. The van der Waals surface area contributed by atoms with E-state index in [0.29, 0.717) is 12.8 Å². The topological polar surface area (TPSA) is 55.1 Å². The minimum Gasteiger partial charge on any atom is -0.293 e. The highest BCUT2D eigenvalue weighted by atomic mass is 19.1. The lowest BCUT2D eigenvalue weighted by Crippen LogP contribution is -2.46. The molecule has 0 aromatic heterocycles. The SMILES string of the molecule is NNC(=O)C1(c2cc(F)ccc2F)CCCC1. The van der Waals surface area contributed by atoms with Crippen molar-refractivity contribution in [2.75, 3.05) is 0 Å². The van der Waals surface area contributed by atoms with Crippen LogP contribution in [0.1, 0.15) is 31.2 Å². The second kappa shape index (κ2) is 4.41. The summed E-state index contributed by atoms with van der Waals surface area (Å²) in [4.78, 5) is 11.9. The third kappa shape index (κ3) is 1.91. The minimum absolute atomic E-state index is 0.109. The third-order valence-electron chi connectivity index (χ3n) is 3.47. The normalized spacial score (nSPS) is 18.1. The Bertz CT molecular complexity index is 442. The number of benzene rings is 1. The van der Waals surface area contributed by atoms with Crippen LogP contribution in [-0.2, 0) is 10.2 Å². The molecule has 0 atom stereocenters. The summed E-state index contributed by atoms with van der Waals surface area (Å²) in [5, 5.41) is 0. The highest BCUT2D eigenvalue weighted by Gasteiger charge is 2.44. The summed E-state index contributed by atoms with van der Waals surface area (Å²) in [6, 6.07) is 3.19. The Morgan fingerprint density at radius 1 is 1.29 bits per heavy atom. The Morgan fingerprint density at radius 2 is 1.94 bits per heavy atom. The van der Waals surface area contributed by atoms with E-state index in [9.17, 15) is 13.6 Å². The molecule has 92 valence electrons. The average molecular weight is 240 g/mol. The molecule has 0 unspecified atom stereocenters. The van der Waals surface area contributed by atoms with Gasteiger partial charge in [-0.3, -0.25) is 10.2 Å². The fraction of sp³-hybridized carbons (Fsp3) is 0.417. The summed E-state index contributed by atoms with van der Waals surface area (Å²) in [6.07, 6.45) is 2.61. The molecule has 1 saturated carbocycles. The van der Waals surface area contributed by atoms with Crippen molar-refractivity contribution in [3.05, 3.63) is 35.4 Å². The van der Waals surface area contributed by atoms with E-state index in [2.05, 4.69) is 5.43 Å². The Hall–Kier alpha value is -1.49. The van der Waals surface area contributed by atoms with Crippen LogP contribution >= 0.6 is 0 Å². The predicted molar refractivity (Wildman–Crippen MR) is 58.8 cm³/mol. The van der Waals surface area contributed by atoms with Crippen molar-refractivity contribution in [3.63, 3.8) is 0 Å². The van der Waals surface area contributed by atoms with Crippen LogP contribution in [0.5, 0.6) is 0 Å². The molecule has 2 rings (SSSR count). The van der Waals surface area contributed by atoms with Gasteiger partial charge in [0, 0.05) is 5.56 Å². The molecule has 0 radical (unpaired) electrons. The van der Waals surface area contributed by atoms with E-state index < -0.39 is 23.0 Å². The van der Waals surface area contributed by atoms with Crippen LogP contribution in [0.25, 0.3) is 0 Å². The maximum atomic E-state index is 13.8. The van der Waals surface area contributed by atoms with Gasteiger partial charge >= 0.3 is 0 Å². The van der Waals surface area contributed by atoms with Crippen LogP contribution in [-0.4, -0.2) is 5.91 Å². The minimum atomic E-state index is -1.01. The number of nitrogens with one attached hydrogen (secondary N) is 1. The lowest BCUT2D eigenvalue weighted by atomic mass is 9.78. The fourth-order valence-electron chi connectivity index (χ4n) is 2.60. The largest absolute Gasteiger partial charge is 0.293 e. The van der Waals surface area contributed by atoms with Crippen LogP contribution in [0, 0.1) is 11.6 Å². The first-order valence-corrected chi connectivity index (χ1v) is 5.57. The first-order valence-electron chi connectivity index (χ1n) is 5.57. The zero-order valence-corrected chi connectivity index (χ0v) is 9.30. The van der Waals surface area contributed by atoms with Crippen molar-refractivity contribution in [1.29, 1.82) is 0 Å². The number of carbonyl (C=O) groups excluding carboxylic acids is 1. The van der Waals surface area contributed by atoms with Crippen molar-refractivity contribution in [3.8, 4) is 0 Å². The molecule has 5 heteroatoms. The van der Waals surface area contributed by atoms with E-state index >= 15 is 0 Å². The number of rotatable bonds is 2. The summed E-state index contributed by atoms with van der Waals surface area (Å²) in [7, 11) is 0. The number of hydrogen-bond donors (Lipinski definition) is 2. The van der Waals surface area contributed by atoms with Gasteiger partial charge in [-0.1, -0.05) is 12.8 Å². The molecule has 1 fully saturated rings. The molecule has 0 bridgehead atoms. The van der Waals surface area contributed by atoms with Gasteiger partial charge in [-0.05, 0) is 31.0 Å². The monoisotopic (exact) mass is 240 g/mol. The van der Waals surface area contributed by atoms with Gasteiger partial charge in [-0.25, -0.2) is 14.6 Å². The molecule has 17 heavy (non-hydrogen) atoms. The fourth-order valence-corrected chi connectivity index (χ4v) is 2.60. The zero-order valence-electron chi connectivity index (χ0n) is 9.30. The first kappa shape index (κ1) is 12.0. The van der Waals surface area contributed by atoms with Crippen LogP contribution in [0.4, 0.5) is 8.78 Å². The predicted octanol–water partition coefficient (Wildman–Crippen LogP) is 1.77. The molecular formula is C12H14F2N2O. The van der Waals surface area contributed by atoms with Crippen molar-refractivity contribution >= 4 is 5.91 Å². The maximum absolute atomic E-state index is 13.8. The number of hydrazine groups is 1. The van der Waals surface area contributed by atoms with E-state index in [1.807, 2.05) is 0 Å². The van der Waals surface area contributed by atoms with Crippen LogP contribution in [0.15, 0.2) is 18.2 Å². The molecule has 3 nitrogen and oxygen atoms in total. The molecule has 1 aliphatic carbocycles. The van der Waals surface area contributed by atoms with Gasteiger partial charge in [0.15, 0.2) is 0 Å². The maximum Gasteiger partial charge on any atom is 0.244 e. The second-order valence-corrected chi connectivity index (χ2v) is 4.39. The molecule has 1 aromatic carbocycles. The zero-order chi connectivity index (χ0) is 12.5. The van der Waals surface area contributed by atoms with Gasteiger partial charge in [0.05, 0.1) is 5.41 Å². The number of carbonyl (C=O) groups is 1. The summed E-state index contributed by atoms with van der Waals surface area (Å²) in [6.45, 7) is 0. The highest BCUT2D eigenvalue weighted by molar-refractivity contribution is 5.88. The Labute approximate surface area is 98.0 Å². The molecular weight excluding hydrogens is 226 g/mol. The number of nitrogens with two attached hydrogens (primary N) is 1. The Kier molecular flexibility index (Phi) is 3.11. The molecule has 1 aliphatic rings. The Balaban J connectivity index is 2.53. The van der Waals surface area contributed by atoms with Gasteiger partial charge in [-0.2, -0.15) is 0 Å². The molecule has 3 N–H and O–H groups in total. The van der Waals surface area contributed by atoms with E-state index in [0.717, 1.165) is 31.0 Å². The lowest BCUT2D eigenvalue weighted by molar-refractivity contribution is -0.126. The van der Waals surface area contributed by atoms with E-state index in [1.54, 1.807) is 0 Å². The number of amides is 1. The summed E-state index contributed by atoms with van der Waals surface area (Å²) < 4.78 is 27.0. The third-order valence-corrected chi connectivity index (χ3v) is 3.47. The molecule has 1 aromatic rings. The molecule has 0 saturated heterocycles. The number of hydrogen-bond acceptors (Lipinski definition) is 2. The van der Waals surface area contributed by atoms with Crippen molar-refractivity contribution in [1.82, 2.24) is 5.43 Å². The van der Waals surface area contributed by atoms with Gasteiger partial charge < -0.3 is 0 Å². The average Bonchev–Trinajstić information content (AvgIpc) is 2.81. The molecule has 0 heterocycles. The van der Waals surface area contributed by atoms with Crippen LogP contribution in [0.3, 0.4) is 0 Å². The van der Waals surface area contributed by atoms with Crippen LogP contribution in [0.2, 0.25) is 0 Å². The second-order valence-electron chi connectivity index (χ2n) is 4.39. The molecule has 1 amide bonds. The summed E-state index contributed by atoms with van der Waals surface area (Å²) in [5.41, 5.74) is 1.16. The van der Waals surface area contributed by atoms with Crippen molar-refractivity contribution < 1.29 is 13.6 Å². The van der Waals surface area contributed by atoms with Crippen molar-refractivity contribution in [2.45, 2.75) is 31.1 Å². The quantitative estimate of drug-likeness (QED) is 0.470. The van der Waals surface area contributed by atoms with Crippen molar-refractivity contribution in [2.24, 2.45) is 5.84 Å². The van der Waals surface area contributed by atoms with Gasteiger partial charge in [0.2, 0.25) is 5.91 Å². The van der Waals surface area contributed by atoms with Crippen LogP contribution < -0.4 is 11.3 Å². The smallest absolute Gasteiger partial charge is 0.244 e. The summed E-state index contributed by atoms with van der Waals surface area (Å²) >= 11 is 0. The van der Waals surface area contributed by atoms with E-state index in [1.165, 1.54) is 0 Å². The van der Waals surface area contributed by atoms with E-state index in [4.69, 9.17) is 5.84 Å². The molecule has 0 spiro atoms. The van der Waals surface area contributed by atoms with Gasteiger partial charge in [0.1, 0.15) is 11.6 Å². The van der Waals surface area contributed by atoms with Gasteiger partial charge in [0.25, 0.3) is 0 Å². The van der Waals surface area contributed by atoms with Gasteiger partial charge in [-0.15, -0.1) is 0 Å². The molecule has 0 aliphatic heterocycles. The number of halogens is 2. The lowest BCUT2D eigenvalue weighted by Gasteiger charge is -2.27.